The summed E-state index contributed by atoms with van der Waals surface area (Å²) in [5.74, 6) is -0.271. The van der Waals surface area contributed by atoms with Crippen molar-refractivity contribution in [2.75, 3.05) is 11.9 Å². The monoisotopic (exact) mass is 361 g/mol. The van der Waals surface area contributed by atoms with Crippen molar-refractivity contribution in [1.82, 2.24) is 20.0 Å². The van der Waals surface area contributed by atoms with Crippen molar-refractivity contribution in [2.24, 2.45) is 0 Å². The van der Waals surface area contributed by atoms with Crippen molar-refractivity contribution in [1.29, 1.82) is 0 Å². The van der Waals surface area contributed by atoms with E-state index in [4.69, 9.17) is 4.74 Å². The van der Waals surface area contributed by atoms with Crippen LogP contribution in [0.4, 0.5) is 5.69 Å². The highest BCUT2D eigenvalue weighted by Crippen LogP contribution is 2.16. The number of benzene rings is 2. The molecule has 2 aromatic heterocycles. The Morgan fingerprint density at radius 3 is 2.81 bits per heavy atom. The first-order chi connectivity index (χ1) is 13.3. The maximum absolute atomic E-state index is 12.5. The Balaban J connectivity index is 1.31. The fourth-order valence-corrected chi connectivity index (χ4v) is 2.80. The molecule has 0 fully saturated rings. The Morgan fingerprint density at radius 2 is 1.93 bits per heavy atom. The standard InChI is InChI=1S/C20H19N5O2/c26-20(19-17-8-4-5-9-18(17)23-24-19)22-16-12-21-25(13-16)10-11-27-14-15-6-2-1-3-7-15/h1-9,12-13H,10-11,14H2,(H,22,26)(H,23,24). The molecule has 2 aromatic carbocycles. The van der Waals surface area contributed by atoms with Crippen LogP contribution in [0.15, 0.2) is 67.0 Å². The fourth-order valence-electron chi connectivity index (χ4n) is 2.80. The number of hydrogen-bond acceptors (Lipinski definition) is 4. The maximum atomic E-state index is 12.5. The van der Waals surface area contributed by atoms with Crippen molar-refractivity contribution < 1.29 is 9.53 Å². The van der Waals surface area contributed by atoms with Gasteiger partial charge in [0.25, 0.3) is 5.91 Å². The summed E-state index contributed by atoms with van der Waals surface area (Å²) >= 11 is 0. The van der Waals surface area contributed by atoms with Crippen LogP contribution in [0.1, 0.15) is 16.1 Å². The lowest BCUT2D eigenvalue weighted by Gasteiger charge is -2.04. The van der Waals surface area contributed by atoms with Crippen LogP contribution in [0.25, 0.3) is 10.9 Å². The first-order valence-electron chi connectivity index (χ1n) is 8.68. The zero-order valence-electron chi connectivity index (χ0n) is 14.6. The molecule has 4 aromatic rings. The van der Waals surface area contributed by atoms with E-state index in [9.17, 15) is 4.79 Å². The van der Waals surface area contributed by atoms with Gasteiger partial charge in [-0.1, -0.05) is 48.5 Å². The van der Waals surface area contributed by atoms with Crippen molar-refractivity contribution >= 4 is 22.5 Å². The molecule has 7 heteroatoms. The highest BCUT2D eigenvalue weighted by molar-refractivity contribution is 6.10. The number of aromatic amines is 1. The summed E-state index contributed by atoms with van der Waals surface area (Å²) in [6, 6.07) is 17.5. The fraction of sp³-hybridized carbons (Fsp3) is 0.150. The summed E-state index contributed by atoms with van der Waals surface area (Å²) in [6.45, 7) is 1.71. The molecule has 0 aliphatic heterocycles. The summed E-state index contributed by atoms with van der Waals surface area (Å²) in [5.41, 5.74) is 2.95. The number of carbonyl (C=O) groups excluding carboxylic acids is 1. The number of nitrogens with zero attached hydrogens (tertiary/aromatic N) is 3. The van der Waals surface area contributed by atoms with Crippen LogP contribution < -0.4 is 5.32 Å². The topological polar surface area (TPSA) is 84.8 Å². The summed E-state index contributed by atoms with van der Waals surface area (Å²) in [4.78, 5) is 12.5. The van der Waals surface area contributed by atoms with E-state index < -0.39 is 0 Å². The van der Waals surface area contributed by atoms with Crippen LogP contribution in [-0.2, 0) is 17.9 Å². The summed E-state index contributed by atoms with van der Waals surface area (Å²) in [7, 11) is 0. The number of anilines is 1. The number of fused-ring (bicyclic) bond motifs is 1. The molecule has 0 radical (unpaired) electrons. The second-order valence-electron chi connectivity index (χ2n) is 6.10. The lowest BCUT2D eigenvalue weighted by atomic mass is 10.2. The number of H-pyrrole nitrogens is 1. The molecular weight excluding hydrogens is 342 g/mol. The molecule has 4 rings (SSSR count). The number of para-hydroxylation sites is 1. The van der Waals surface area contributed by atoms with Gasteiger partial charge >= 0.3 is 0 Å². The molecule has 0 saturated carbocycles. The molecule has 0 atom stereocenters. The molecule has 0 bridgehead atoms. The molecule has 0 unspecified atom stereocenters. The number of rotatable bonds is 7. The first-order valence-corrected chi connectivity index (χ1v) is 8.68. The molecule has 2 heterocycles. The van der Waals surface area contributed by atoms with Crippen LogP contribution in [0.2, 0.25) is 0 Å². The molecule has 7 nitrogen and oxygen atoms in total. The average Bonchev–Trinajstić information content (AvgIpc) is 3.33. The highest BCUT2D eigenvalue weighted by atomic mass is 16.5. The lowest BCUT2D eigenvalue weighted by Crippen LogP contribution is -2.12. The third-order valence-electron chi connectivity index (χ3n) is 4.15. The molecule has 0 aliphatic rings. The van der Waals surface area contributed by atoms with Crippen molar-refractivity contribution in [3.8, 4) is 0 Å². The van der Waals surface area contributed by atoms with Gasteiger partial charge in [-0.05, 0) is 11.6 Å². The van der Waals surface area contributed by atoms with Gasteiger partial charge in [0.2, 0.25) is 0 Å². The van der Waals surface area contributed by atoms with Crippen LogP contribution in [0.3, 0.4) is 0 Å². The minimum absolute atomic E-state index is 0.271. The first kappa shape index (κ1) is 17.0. The predicted molar refractivity (Wildman–Crippen MR) is 102 cm³/mol. The predicted octanol–water partition coefficient (Wildman–Crippen LogP) is 3.23. The van der Waals surface area contributed by atoms with Crippen molar-refractivity contribution in [2.45, 2.75) is 13.2 Å². The molecular formula is C20H19N5O2. The number of hydrogen-bond donors (Lipinski definition) is 2. The number of carbonyl (C=O) groups is 1. The molecule has 27 heavy (non-hydrogen) atoms. The molecule has 2 N–H and O–H groups in total. The lowest BCUT2D eigenvalue weighted by molar-refractivity contribution is 0.102. The summed E-state index contributed by atoms with van der Waals surface area (Å²) in [5, 5.41) is 14.8. The van der Waals surface area contributed by atoms with Crippen LogP contribution in [0, 0.1) is 0 Å². The van der Waals surface area contributed by atoms with E-state index in [1.54, 1.807) is 17.1 Å². The summed E-state index contributed by atoms with van der Waals surface area (Å²) < 4.78 is 7.40. The second kappa shape index (κ2) is 7.84. The molecule has 0 aliphatic carbocycles. The van der Waals surface area contributed by atoms with E-state index in [2.05, 4.69) is 20.6 Å². The van der Waals surface area contributed by atoms with Crippen molar-refractivity contribution in [3.05, 3.63) is 78.2 Å². The SMILES string of the molecule is O=C(Nc1cnn(CCOCc2ccccc2)c1)c1n[nH]c2ccccc12. The second-order valence-corrected chi connectivity index (χ2v) is 6.10. The highest BCUT2D eigenvalue weighted by Gasteiger charge is 2.14. The van der Waals surface area contributed by atoms with E-state index in [1.807, 2.05) is 54.6 Å². The Kier molecular flexibility index (Phi) is 4.93. The summed E-state index contributed by atoms with van der Waals surface area (Å²) in [6.07, 6.45) is 3.39. The number of nitrogens with one attached hydrogen (secondary N) is 2. The Labute approximate surface area is 156 Å². The molecule has 0 saturated heterocycles. The van der Waals surface area contributed by atoms with Gasteiger partial charge in [0.05, 0.1) is 37.2 Å². The molecule has 0 spiro atoms. The largest absolute Gasteiger partial charge is 0.375 e. The smallest absolute Gasteiger partial charge is 0.276 e. The number of ether oxygens (including phenoxy) is 1. The zero-order chi connectivity index (χ0) is 18.5. The van der Waals surface area contributed by atoms with Crippen LogP contribution >= 0.6 is 0 Å². The zero-order valence-corrected chi connectivity index (χ0v) is 14.6. The third-order valence-corrected chi connectivity index (χ3v) is 4.15. The van der Waals surface area contributed by atoms with Gasteiger partial charge in [-0.25, -0.2) is 0 Å². The van der Waals surface area contributed by atoms with Gasteiger partial charge in [0, 0.05) is 11.6 Å². The van der Waals surface area contributed by atoms with Gasteiger partial charge in [-0.15, -0.1) is 0 Å². The average molecular weight is 361 g/mol. The molecule has 136 valence electrons. The van der Waals surface area contributed by atoms with E-state index in [1.165, 1.54) is 0 Å². The number of amides is 1. The van der Waals surface area contributed by atoms with E-state index >= 15 is 0 Å². The van der Waals surface area contributed by atoms with Gasteiger partial charge < -0.3 is 10.1 Å². The maximum Gasteiger partial charge on any atom is 0.276 e. The van der Waals surface area contributed by atoms with Crippen LogP contribution in [0.5, 0.6) is 0 Å². The minimum Gasteiger partial charge on any atom is -0.375 e. The van der Waals surface area contributed by atoms with Gasteiger partial charge in [0.15, 0.2) is 5.69 Å². The van der Waals surface area contributed by atoms with E-state index in [-0.39, 0.29) is 5.91 Å². The Morgan fingerprint density at radius 1 is 1.11 bits per heavy atom. The van der Waals surface area contributed by atoms with Crippen LogP contribution in [-0.4, -0.2) is 32.5 Å². The van der Waals surface area contributed by atoms with E-state index in [0.717, 1.165) is 16.5 Å². The molecule has 1 amide bonds. The third kappa shape index (κ3) is 4.04. The van der Waals surface area contributed by atoms with E-state index in [0.29, 0.717) is 31.1 Å². The van der Waals surface area contributed by atoms with Gasteiger partial charge in [-0.2, -0.15) is 10.2 Å². The quantitative estimate of drug-likeness (QED) is 0.495. The Bertz CT molecular complexity index is 1040. The van der Waals surface area contributed by atoms with Crippen molar-refractivity contribution in [3.63, 3.8) is 0 Å². The minimum atomic E-state index is -0.271. The number of aromatic nitrogens is 4. The normalized spacial score (nSPS) is 11.0. The Hall–Kier alpha value is -3.45. The van der Waals surface area contributed by atoms with Gasteiger partial charge in [-0.3, -0.25) is 14.6 Å². The van der Waals surface area contributed by atoms with Gasteiger partial charge in [0.1, 0.15) is 0 Å².